The van der Waals surface area contributed by atoms with Gasteiger partial charge in [-0.05, 0) is 25.3 Å². The summed E-state index contributed by atoms with van der Waals surface area (Å²) in [5.74, 6) is 0.118. The van der Waals surface area contributed by atoms with Crippen molar-refractivity contribution >= 4 is 15.9 Å². The van der Waals surface area contributed by atoms with Crippen LogP contribution in [-0.4, -0.2) is 66.7 Å². The van der Waals surface area contributed by atoms with Crippen molar-refractivity contribution in [3.8, 4) is 0 Å². The van der Waals surface area contributed by atoms with Crippen LogP contribution in [0.1, 0.15) is 31.2 Å². The van der Waals surface area contributed by atoms with E-state index in [9.17, 15) is 18.3 Å². The third kappa shape index (κ3) is 3.59. The SMILES string of the molecule is CCN(C[C@H]1[C@H](c2ccccc2)[C@@H](CO)N1S(C)(=O)=O)C(=O)C1CC1. The van der Waals surface area contributed by atoms with Crippen LogP contribution < -0.4 is 0 Å². The summed E-state index contributed by atoms with van der Waals surface area (Å²) in [5.41, 5.74) is 1.00. The van der Waals surface area contributed by atoms with Crippen LogP contribution in [0.5, 0.6) is 0 Å². The number of carbonyl (C=O) groups excluding carboxylic acids is 1. The maximum Gasteiger partial charge on any atom is 0.225 e. The Bertz CT molecular complexity index is 718. The van der Waals surface area contributed by atoms with Gasteiger partial charge in [-0.25, -0.2) is 8.42 Å². The van der Waals surface area contributed by atoms with Crippen molar-refractivity contribution in [3.63, 3.8) is 0 Å². The number of rotatable bonds is 7. The van der Waals surface area contributed by atoms with Crippen LogP contribution in [-0.2, 0) is 14.8 Å². The first kappa shape index (κ1) is 18.4. The fourth-order valence-electron chi connectivity index (χ4n) is 3.91. The van der Waals surface area contributed by atoms with Crippen LogP contribution in [0.3, 0.4) is 0 Å². The maximum atomic E-state index is 12.5. The molecular formula is C18H26N2O4S. The summed E-state index contributed by atoms with van der Waals surface area (Å²) < 4.78 is 25.9. The zero-order chi connectivity index (χ0) is 18.2. The number of aliphatic hydroxyl groups excluding tert-OH is 1. The first-order valence-electron chi connectivity index (χ1n) is 8.81. The molecule has 1 saturated heterocycles. The molecule has 1 aromatic carbocycles. The molecule has 0 bridgehead atoms. The van der Waals surface area contributed by atoms with Gasteiger partial charge in [-0.15, -0.1) is 0 Å². The number of hydrogen-bond acceptors (Lipinski definition) is 4. The van der Waals surface area contributed by atoms with Crippen LogP contribution in [0.25, 0.3) is 0 Å². The number of carbonyl (C=O) groups is 1. The Morgan fingerprint density at radius 1 is 1.24 bits per heavy atom. The van der Waals surface area contributed by atoms with Gasteiger partial charge in [-0.1, -0.05) is 30.3 Å². The van der Waals surface area contributed by atoms with E-state index in [-0.39, 0.29) is 30.4 Å². The molecule has 3 rings (SSSR count). The predicted molar refractivity (Wildman–Crippen MR) is 95.5 cm³/mol. The second kappa shape index (κ2) is 7.05. The summed E-state index contributed by atoms with van der Waals surface area (Å²) >= 11 is 0. The molecule has 3 atom stereocenters. The molecule has 2 fully saturated rings. The summed E-state index contributed by atoms with van der Waals surface area (Å²) in [4.78, 5) is 14.2. The Labute approximate surface area is 149 Å². The van der Waals surface area contributed by atoms with E-state index in [1.807, 2.05) is 37.3 Å². The number of aliphatic hydroxyl groups is 1. The molecule has 1 heterocycles. The summed E-state index contributed by atoms with van der Waals surface area (Å²) in [6, 6.07) is 8.84. The standard InChI is InChI=1S/C18H26N2O4S/c1-3-19(18(22)14-9-10-14)11-15-17(13-7-5-4-6-8-13)16(12-21)20(15)25(2,23)24/h4-8,14-17,21H,3,9-12H2,1-2H3/t15-,16+,17-/m0/s1. The summed E-state index contributed by atoms with van der Waals surface area (Å²) in [6.45, 7) is 2.63. The number of nitrogens with zero attached hydrogens (tertiary/aromatic N) is 2. The van der Waals surface area contributed by atoms with E-state index in [1.165, 1.54) is 10.6 Å². The van der Waals surface area contributed by atoms with Crippen molar-refractivity contribution in [1.29, 1.82) is 0 Å². The van der Waals surface area contributed by atoms with Crippen molar-refractivity contribution in [2.45, 2.75) is 37.8 Å². The number of likely N-dealkylation sites (N-methyl/N-ethyl adjacent to an activating group) is 1. The van der Waals surface area contributed by atoms with Gasteiger partial charge in [0.2, 0.25) is 15.9 Å². The molecule has 0 spiro atoms. The number of benzene rings is 1. The van der Waals surface area contributed by atoms with Gasteiger partial charge in [0.1, 0.15) is 0 Å². The lowest BCUT2D eigenvalue weighted by atomic mass is 9.77. The monoisotopic (exact) mass is 366 g/mol. The van der Waals surface area contributed by atoms with E-state index in [2.05, 4.69) is 0 Å². The molecule has 1 aliphatic carbocycles. The van der Waals surface area contributed by atoms with Crippen LogP contribution in [0.15, 0.2) is 30.3 Å². The minimum atomic E-state index is -3.47. The lowest BCUT2D eigenvalue weighted by Crippen LogP contribution is -2.68. The Morgan fingerprint density at radius 2 is 1.88 bits per heavy atom. The van der Waals surface area contributed by atoms with Gasteiger partial charge in [0.05, 0.1) is 24.9 Å². The molecule has 1 aliphatic heterocycles. The molecule has 0 aromatic heterocycles. The van der Waals surface area contributed by atoms with Gasteiger partial charge >= 0.3 is 0 Å². The third-order valence-electron chi connectivity index (χ3n) is 5.26. The molecule has 1 aromatic rings. The predicted octanol–water partition coefficient (Wildman–Crippen LogP) is 1.03. The molecule has 25 heavy (non-hydrogen) atoms. The minimum Gasteiger partial charge on any atom is -0.395 e. The smallest absolute Gasteiger partial charge is 0.225 e. The highest BCUT2D eigenvalue weighted by molar-refractivity contribution is 7.88. The van der Waals surface area contributed by atoms with Crippen molar-refractivity contribution in [3.05, 3.63) is 35.9 Å². The van der Waals surface area contributed by atoms with Crippen molar-refractivity contribution in [2.24, 2.45) is 5.92 Å². The lowest BCUT2D eigenvalue weighted by Gasteiger charge is -2.54. The van der Waals surface area contributed by atoms with E-state index >= 15 is 0 Å². The number of sulfonamides is 1. The van der Waals surface area contributed by atoms with E-state index in [1.54, 1.807) is 4.90 Å². The average Bonchev–Trinajstić information content (AvgIpc) is 3.38. The highest BCUT2D eigenvalue weighted by atomic mass is 32.2. The lowest BCUT2D eigenvalue weighted by molar-refractivity contribution is -0.134. The highest BCUT2D eigenvalue weighted by Crippen LogP contribution is 2.43. The maximum absolute atomic E-state index is 12.5. The molecule has 0 unspecified atom stereocenters. The number of amides is 1. The molecule has 6 nitrogen and oxygen atoms in total. The fraction of sp³-hybridized carbons (Fsp3) is 0.611. The first-order valence-corrected chi connectivity index (χ1v) is 10.7. The van der Waals surface area contributed by atoms with E-state index in [0.717, 1.165) is 18.4 Å². The van der Waals surface area contributed by atoms with Gasteiger partial charge in [-0.2, -0.15) is 4.31 Å². The molecule has 1 saturated carbocycles. The molecule has 1 N–H and O–H groups in total. The van der Waals surface area contributed by atoms with Gasteiger partial charge in [-0.3, -0.25) is 4.79 Å². The van der Waals surface area contributed by atoms with E-state index in [0.29, 0.717) is 13.1 Å². The summed E-state index contributed by atoms with van der Waals surface area (Å²) in [6.07, 6.45) is 3.03. The summed E-state index contributed by atoms with van der Waals surface area (Å²) in [5, 5.41) is 9.78. The zero-order valence-corrected chi connectivity index (χ0v) is 15.5. The van der Waals surface area contributed by atoms with Gasteiger partial charge in [0.25, 0.3) is 0 Å². The zero-order valence-electron chi connectivity index (χ0n) is 14.7. The van der Waals surface area contributed by atoms with Gasteiger partial charge in [0, 0.05) is 24.9 Å². The van der Waals surface area contributed by atoms with E-state index in [4.69, 9.17) is 0 Å². The minimum absolute atomic E-state index is 0.107. The molecule has 2 aliphatic rings. The van der Waals surface area contributed by atoms with Crippen molar-refractivity contribution in [2.75, 3.05) is 26.0 Å². The Morgan fingerprint density at radius 3 is 2.36 bits per heavy atom. The molecular weight excluding hydrogens is 340 g/mol. The van der Waals surface area contributed by atoms with Crippen LogP contribution in [0.4, 0.5) is 0 Å². The molecule has 7 heteroatoms. The molecule has 138 valence electrons. The number of hydrogen-bond donors (Lipinski definition) is 1. The Kier molecular flexibility index (Phi) is 5.18. The highest BCUT2D eigenvalue weighted by Gasteiger charge is 2.54. The Balaban J connectivity index is 1.88. The molecule has 0 radical (unpaired) electrons. The van der Waals surface area contributed by atoms with Gasteiger partial charge < -0.3 is 10.0 Å². The molecule has 1 amide bonds. The van der Waals surface area contributed by atoms with E-state index < -0.39 is 16.1 Å². The van der Waals surface area contributed by atoms with Crippen LogP contribution in [0.2, 0.25) is 0 Å². The largest absolute Gasteiger partial charge is 0.395 e. The normalized spacial score (nSPS) is 26.9. The second-order valence-electron chi connectivity index (χ2n) is 7.00. The quantitative estimate of drug-likeness (QED) is 0.782. The fourth-order valence-corrected chi connectivity index (χ4v) is 5.29. The Hall–Kier alpha value is -1.44. The van der Waals surface area contributed by atoms with Crippen LogP contribution in [0, 0.1) is 5.92 Å². The third-order valence-corrected chi connectivity index (χ3v) is 6.57. The first-order chi connectivity index (χ1) is 11.9. The van der Waals surface area contributed by atoms with Crippen molar-refractivity contribution in [1.82, 2.24) is 9.21 Å². The van der Waals surface area contributed by atoms with Gasteiger partial charge in [0.15, 0.2) is 0 Å². The summed E-state index contributed by atoms with van der Waals surface area (Å²) in [7, 11) is -3.47. The topological polar surface area (TPSA) is 77.9 Å². The average molecular weight is 366 g/mol. The van der Waals surface area contributed by atoms with Crippen molar-refractivity contribution < 1.29 is 18.3 Å². The second-order valence-corrected chi connectivity index (χ2v) is 8.89. The van der Waals surface area contributed by atoms with Crippen LogP contribution >= 0.6 is 0 Å².